The van der Waals surface area contributed by atoms with Crippen LogP contribution in [0.15, 0.2) is 53.3 Å². The Balaban J connectivity index is 1.68. The van der Waals surface area contributed by atoms with E-state index >= 15 is 0 Å². The van der Waals surface area contributed by atoms with E-state index in [0.29, 0.717) is 37.1 Å². The summed E-state index contributed by atoms with van der Waals surface area (Å²) >= 11 is 0. The number of hydrogen-bond donors (Lipinski definition) is 1. The molecule has 0 aliphatic carbocycles. The first-order valence-electron chi connectivity index (χ1n) is 9.49. The molecule has 0 aliphatic rings. The summed E-state index contributed by atoms with van der Waals surface area (Å²) < 4.78 is 11.6. The molecule has 7 nitrogen and oxygen atoms in total. The zero-order chi connectivity index (χ0) is 20.6. The van der Waals surface area contributed by atoms with Crippen LogP contribution in [0.2, 0.25) is 0 Å². The molecule has 0 saturated carbocycles. The van der Waals surface area contributed by atoms with Crippen LogP contribution >= 0.6 is 0 Å². The number of carbonyl (C=O) groups is 1. The van der Waals surface area contributed by atoms with Crippen molar-refractivity contribution in [2.75, 3.05) is 20.8 Å². The van der Waals surface area contributed by atoms with Crippen molar-refractivity contribution in [2.45, 2.75) is 25.9 Å². The Bertz CT molecular complexity index is 1030. The minimum Gasteiger partial charge on any atom is -0.497 e. The van der Waals surface area contributed by atoms with Crippen molar-refractivity contribution in [1.29, 1.82) is 0 Å². The predicted octanol–water partition coefficient (Wildman–Crippen LogP) is 2.30. The first-order chi connectivity index (χ1) is 14.1. The molecule has 29 heavy (non-hydrogen) atoms. The number of aromatic nitrogens is 2. The third kappa shape index (κ3) is 5.20. The molecule has 152 valence electrons. The lowest BCUT2D eigenvalue weighted by Crippen LogP contribution is -2.29. The molecular weight excluding hydrogens is 370 g/mol. The lowest BCUT2D eigenvalue weighted by Gasteiger charge is -2.12. The van der Waals surface area contributed by atoms with Crippen LogP contribution in [-0.4, -0.2) is 36.5 Å². The van der Waals surface area contributed by atoms with Crippen LogP contribution in [0.25, 0.3) is 10.8 Å². The topological polar surface area (TPSA) is 82.4 Å². The minimum absolute atomic E-state index is 0.0682. The normalized spacial score (nSPS) is 10.8. The van der Waals surface area contributed by atoms with E-state index in [2.05, 4.69) is 10.4 Å². The predicted molar refractivity (Wildman–Crippen MR) is 111 cm³/mol. The van der Waals surface area contributed by atoms with Crippen LogP contribution in [0.1, 0.15) is 17.7 Å². The summed E-state index contributed by atoms with van der Waals surface area (Å²) in [5.74, 6) is 0.723. The minimum atomic E-state index is -0.160. The Morgan fingerprint density at radius 2 is 1.79 bits per heavy atom. The van der Waals surface area contributed by atoms with Crippen LogP contribution in [0.5, 0.6) is 5.75 Å². The van der Waals surface area contributed by atoms with Gasteiger partial charge in [-0.3, -0.25) is 9.59 Å². The van der Waals surface area contributed by atoms with Crippen molar-refractivity contribution >= 4 is 16.7 Å². The van der Waals surface area contributed by atoms with E-state index in [1.165, 1.54) is 4.68 Å². The lowest BCUT2D eigenvalue weighted by atomic mass is 10.1. The van der Waals surface area contributed by atoms with E-state index in [-0.39, 0.29) is 18.0 Å². The van der Waals surface area contributed by atoms with Gasteiger partial charge < -0.3 is 14.8 Å². The zero-order valence-corrected chi connectivity index (χ0v) is 16.7. The molecule has 1 N–H and O–H groups in total. The molecule has 0 aliphatic heterocycles. The Morgan fingerprint density at radius 1 is 1.07 bits per heavy atom. The molecule has 1 aromatic heterocycles. The van der Waals surface area contributed by atoms with Gasteiger partial charge in [0.15, 0.2) is 0 Å². The molecule has 0 atom stereocenters. The Hall–Kier alpha value is -3.19. The molecule has 0 fully saturated rings. The average molecular weight is 395 g/mol. The summed E-state index contributed by atoms with van der Waals surface area (Å²) in [5, 5.41) is 8.69. The number of methoxy groups -OCH3 is 2. The molecule has 1 amide bonds. The first-order valence-corrected chi connectivity index (χ1v) is 9.49. The highest BCUT2D eigenvalue weighted by molar-refractivity contribution is 5.84. The van der Waals surface area contributed by atoms with Gasteiger partial charge in [-0.2, -0.15) is 5.10 Å². The van der Waals surface area contributed by atoms with Crippen LogP contribution in [0.4, 0.5) is 0 Å². The molecule has 0 unspecified atom stereocenters. The summed E-state index contributed by atoms with van der Waals surface area (Å²) in [6.45, 7) is 1.01. The molecule has 7 heteroatoms. The third-order valence-electron chi connectivity index (χ3n) is 4.70. The van der Waals surface area contributed by atoms with Crippen molar-refractivity contribution in [3.8, 4) is 5.75 Å². The highest BCUT2D eigenvalue weighted by Gasteiger charge is 2.11. The second kappa shape index (κ2) is 9.84. The van der Waals surface area contributed by atoms with Gasteiger partial charge in [-0.05, 0) is 30.2 Å². The van der Waals surface area contributed by atoms with Crippen LogP contribution in [0.3, 0.4) is 0 Å². The SMILES string of the molecule is COCCn1nc(CNC(=O)CCc2ccc(OC)cc2)c2ccccc2c1=O. The number of rotatable bonds is 9. The smallest absolute Gasteiger partial charge is 0.274 e. The number of carbonyl (C=O) groups excluding carboxylic acids is 1. The van der Waals surface area contributed by atoms with Gasteiger partial charge in [0.05, 0.1) is 37.9 Å². The molecule has 0 bridgehead atoms. The molecule has 0 saturated heterocycles. The fourth-order valence-corrected chi connectivity index (χ4v) is 3.09. The number of hydrogen-bond acceptors (Lipinski definition) is 5. The van der Waals surface area contributed by atoms with Gasteiger partial charge >= 0.3 is 0 Å². The maximum absolute atomic E-state index is 12.6. The summed E-state index contributed by atoms with van der Waals surface area (Å²) in [4.78, 5) is 24.9. The van der Waals surface area contributed by atoms with Crippen molar-refractivity contribution < 1.29 is 14.3 Å². The maximum atomic E-state index is 12.6. The second-order valence-corrected chi connectivity index (χ2v) is 6.64. The van der Waals surface area contributed by atoms with E-state index < -0.39 is 0 Å². The molecular formula is C22H25N3O4. The number of nitrogens with one attached hydrogen (secondary N) is 1. The van der Waals surface area contributed by atoms with Crippen molar-refractivity contribution in [3.63, 3.8) is 0 Å². The molecule has 3 aromatic rings. The van der Waals surface area contributed by atoms with Gasteiger partial charge in [0, 0.05) is 18.9 Å². The number of aryl methyl sites for hydroxylation is 1. The highest BCUT2D eigenvalue weighted by Crippen LogP contribution is 2.14. The maximum Gasteiger partial charge on any atom is 0.274 e. The number of fused-ring (bicyclic) bond motifs is 1. The van der Waals surface area contributed by atoms with E-state index in [4.69, 9.17) is 9.47 Å². The molecule has 1 heterocycles. The number of benzene rings is 2. The first kappa shape index (κ1) is 20.5. The van der Waals surface area contributed by atoms with Gasteiger partial charge in [-0.15, -0.1) is 0 Å². The van der Waals surface area contributed by atoms with Crippen molar-refractivity contribution in [2.24, 2.45) is 0 Å². The summed E-state index contributed by atoms with van der Waals surface area (Å²) in [5.41, 5.74) is 1.57. The van der Waals surface area contributed by atoms with E-state index in [1.807, 2.05) is 42.5 Å². The molecule has 2 aromatic carbocycles. The van der Waals surface area contributed by atoms with Crippen LogP contribution in [-0.2, 0) is 29.0 Å². The molecule has 0 spiro atoms. The Labute approximate surface area is 169 Å². The van der Waals surface area contributed by atoms with Crippen LogP contribution in [0, 0.1) is 0 Å². The van der Waals surface area contributed by atoms with Gasteiger partial charge in [0.2, 0.25) is 5.91 Å². The van der Waals surface area contributed by atoms with Crippen molar-refractivity contribution in [3.05, 3.63) is 70.1 Å². The van der Waals surface area contributed by atoms with Gasteiger partial charge in [0.1, 0.15) is 5.75 Å². The number of amides is 1. The fourth-order valence-electron chi connectivity index (χ4n) is 3.09. The number of ether oxygens (including phenoxy) is 2. The van der Waals surface area contributed by atoms with Gasteiger partial charge in [-0.1, -0.05) is 30.3 Å². The summed E-state index contributed by atoms with van der Waals surface area (Å²) in [6, 6.07) is 15.0. The van der Waals surface area contributed by atoms with E-state index in [1.54, 1.807) is 20.3 Å². The monoisotopic (exact) mass is 395 g/mol. The summed E-state index contributed by atoms with van der Waals surface area (Å²) in [6.07, 6.45) is 1.00. The third-order valence-corrected chi connectivity index (χ3v) is 4.70. The fraction of sp³-hybridized carbons (Fsp3) is 0.318. The quantitative estimate of drug-likeness (QED) is 0.601. The molecule has 3 rings (SSSR count). The largest absolute Gasteiger partial charge is 0.497 e. The van der Waals surface area contributed by atoms with Gasteiger partial charge in [-0.25, -0.2) is 4.68 Å². The number of nitrogens with zero attached hydrogens (tertiary/aromatic N) is 2. The Morgan fingerprint density at radius 3 is 2.48 bits per heavy atom. The standard InChI is InChI=1S/C22H25N3O4/c1-28-14-13-25-22(27)19-6-4-3-5-18(19)20(24-25)15-23-21(26)12-9-16-7-10-17(29-2)11-8-16/h3-8,10-11H,9,12-15H2,1-2H3,(H,23,26). The summed E-state index contributed by atoms with van der Waals surface area (Å²) in [7, 11) is 3.20. The van der Waals surface area contributed by atoms with Gasteiger partial charge in [0.25, 0.3) is 5.56 Å². The Kier molecular flexibility index (Phi) is 6.97. The highest BCUT2D eigenvalue weighted by atomic mass is 16.5. The molecule has 0 radical (unpaired) electrons. The lowest BCUT2D eigenvalue weighted by molar-refractivity contribution is -0.121. The second-order valence-electron chi connectivity index (χ2n) is 6.64. The van der Waals surface area contributed by atoms with Crippen LogP contribution < -0.4 is 15.6 Å². The zero-order valence-electron chi connectivity index (χ0n) is 16.7. The van der Waals surface area contributed by atoms with Crippen molar-refractivity contribution in [1.82, 2.24) is 15.1 Å². The average Bonchev–Trinajstić information content (AvgIpc) is 2.77. The van der Waals surface area contributed by atoms with E-state index in [9.17, 15) is 9.59 Å². The van der Waals surface area contributed by atoms with E-state index in [0.717, 1.165) is 16.7 Å².